The smallest absolute Gasteiger partial charge is 0.227 e. The third kappa shape index (κ3) is 3.02. The van der Waals surface area contributed by atoms with E-state index in [1.165, 1.54) is 0 Å². The van der Waals surface area contributed by atoms with Crippen molar-refractivity contribution in [3.8, 4) is 0 Å². The van der Waals surface area contributed by atoms with Gasteiger partial charge in [0.15, 0.2) is 5.89 Å². The number of carbonyl (C=O) groups excluding carboxylic acids is 1. The Bertz CT molecular complexity index is 717. The van der Waals surface area contributed by atoms with Crippen molar-refractivity contribution in [2.75, 3.05) is 6.54 Å². The molecule has 2 aromatic rings. The number of hydrogen-bond acceptors (Lipinski definition) is 4. The van der Waals surface area contributed by atoms with Crippen LogP contribution in [-0.4, -0.2) is 32.5 Å². The number of rotatable bonds is 2. The molecule has 3 heterocycles. The van der Waals surface area contributed by atoms with Gasteiger partial charge in [-0.1, -0.05) is 20.8 Å². The van der Waals surface area contributed by atoms with Gasteiger partial charge in [-0.2, -0.15) is 5.10 Å². The molecule has 1 aliphatic rings. The lowest BCUT2D eigenvalue weighted by molar-refractivity contribution is -0.131. The van der Waals surface area contributed by atoms with Crippen molar-refractivity contribution in [1.29, 1.82) is 0 Å². The minimum atomic E-state index is -0.114. The van der Waals surface area contributed by atoms with Crippen molar-refractivity contribution in [2.45, 2.75) is 59.4 Å². The third-order valence-corrected chi connectivity index (χ3v) is 4.33. The first-order chi connectivity index (χ1) is 10.8. The van der Waals surface area contributed by atoms with E-state index >= 15 is 0 Å². The van der Waals surface area contributed by atoms with Crippen molar-refractivity contribution in [1.82, 2.24) is 20.1 Å². The van der Waals surface area contributed by atoms with Gasteiger partial charge in [0.25, 0.3) is 0 Å². The van der Waals surface area contributed by atoms with Gasteiger partial charge >= 0.3 is 0 Å². The van der Waals surface area contributed by atoms with Crippen LogP contribution in [0.15, 0.2) is 4.42 Å². The number of oxazole rings is 1. The zero-order valence-electron chi connectivity index (χ0n) is 14.5. The van der Waals surface area contributed by atoms with E-state index in [1.54, 1.807) is 0 Å². The Balaban J connectivity index is 1.74. The maximum absolute atomic E-state index is 12.6. The van der Waals surface area contributed by atoms with Crippen LogP contribution in [0, 0.1) is 13.8 Å². The van der Waals surface area contributed by atoms with Gasteiger partial charge in [-0.15, -0.1) is 0 Å². The van der Waals surface area contributed by atoms with Crippen molar-refractivity contribution < 1.29 is 9.21 Å². The molecule has 2 aromatic heterocycles. The van der Waals surface area contributed by atoms with Gasteiger partial charge in [-0.3, -0.25) is 9.89 Å². The lowest BCUT2D eigenvalue weighted by atomic mass is 9.97. The fraction of sp³-hybridized carbons (Fsp3) is 0.588. The zero-order chi connectivity index (χ0) is 16.8. The predicted molar refractivity (Wildman–Crippen MR) is 86.1 cm³/mol. The van der Waals surface area contributed by atoms with E-state index in [4.69, 9.17) is 4.42 Å². The highest BCUT2D eigenvalue weighted by atomic mass is 16.4. The molecule has 0 aromatic carbocycles. The number of H-pyrrole nitrogens is 1. The van der Waals surface area contributed by atoms with E-state index in [0.717, 1.165) is 40.7 Å². The largest absolute Gasteiger partial charge is 0.445 e. The van der Waals surface area contributed by atoms with E-state index in [9.17, 15) is 4.79 Å². The minimum Gasteiger partial charge on any atom is -0.445 e. The lowest BCUT2D eigenvalue weighted by Crippen LogP contribution is -2.37. The molecular formula is C17H24N4O2. The Morgan fingerprint density at radius 2 is 2.09 bits per heavy atom. The summed E-state index contributed by atoms with van der Waals surface area (Å²) in [6, 6.07) is 0. The quantitative estimate of drug-likeness (QED) is 0.923. The monoisotopic (exact) mass is 316 g/mol. The van der Waals surface area contributed by atoms with Gasteiger partial charge in [0.2, 0.25) is 5.91 Å². The summed E-state index contributed by atoms with van der Waals surface area (Å²) in [5.74, 6) is 1.79. The predicted octanol–water partition coefficient (Wildman–Crippen LogP) is 2.44. The van der Waals surface area contributed by atoms with E-state index in [1.807, 2.05) is 18.7 Å². The molecule has 0 spiro atoms. The molecule has 23 heavy (non-hydrogen) atoms. The molecule has 0 atom stereocenters. The molecule has 0 fully saturated rings. The lowest BCUT2D eigenvalue weighted by Gasteiger charge is -2.25. The molecular weight excluding hydrogens is 292 g/mol. The Kier molecular flexibility index (Phi) is 3.78. The summed E-state index contributed by atoms with van der Waals surface area (Å²) < 4.78 is 5.88. The Labute approximate surface area is 136 Å². The second-order valence-electron chi connectivity index (χ2n) is 7.29. The first-order valence-electron chi connectivity index (χ1n) is 8.03. The molecule has 3 rings (SSSR count). The molecule has 0 aliphatic carbocycles. The number of fused-ring (bicyclic) bond motifs is 1. The van der Waals surface area contributed by atoms with E-state index < -0.39 is 0 Å². The standard InChI is InChI=1S/C17H24N4O2/c1-10-12(11(2)20-19-10)8-15(22)21-7-6-14-13(9-21)18-16(23-14)17(3,4)5/h6-9H2,1-5H3,(H,19,20). The van der Waals surface area contributed by atoms with Crippen molar-refractivity contribution in [2.24, 2.45) is 0 Å². The molecule has 124 valence electrons. The van der Waals surface area contributed by atoms with Crippen LogP contribution in [0.2, 0.25) is 0 Å². The fourth-order valence-electron chi connectivity index (χ4n) is 2.83. The van der Waals surface area contributed by atoms with Crippen LogP contribution in [0.3, 0.4) is 0 Å². The summed E-state index contributed by atoms with van der Waals surface area (Å²) in [6.07, 6.45) is 1.11. The SMILES string of the molecule is Cc1n[nH]c(C)c1CC(=O)N1CCc2oc(C(C)(C)C)nc2C1. The van der Waals surface area contributed by atoms with Crippen molar-refractivity contribution in [3.05, 3.63) is 34.3 Å². The average molecular weight is 316 g/mol. The van der Waals surface area contributed by atoms with Crippen LogP contribution < -0.4 is 0 Å². The maximum atomic E-state index is 12.6. The first-order valence-corrected chi connectivity index (χ1v) is 8.03. The van der Waals surface area contributed by atoms with Gasteiger partial charge in [0, 0.05) is 29.6 Å². The van der Waals surface area contributed by atoms with Gasteiger partial charge < -0.3 is 9.32 Å². The highest BCUT2D eigenvalue weighted by molar-refractivity contribution is 5.79. The number of aromatic amines is 1. The van der Waals surface area contributed by atoms with Crippen LogP contribution in [0.5, 0.6) is 0 Å². The van der Waals surface area contributed by atoms with Crippen LogP contribution >= 0.6 is 0 Å². The minimum absolute atomic E-state index is 0.114. The molecule has 1 amide bonds. The average Bonchev–Trinajstić information content (AvgIpc) is 3.04. The number of nitrogens with one attached hydrogen (secondary N) is 1. The van der Waals surface area contributed by atoms with Crippen LogP contribution in [0.1, 0.15) is 55.1 Å². The Morgan fingerprint density at radius 3 is 2.70 bits per heavy atom. The summed E-state index contributed by atoms with van der Waals surface area (Å²) >= 11 is 0. The Hall–Kier alpha value is -2.11. The molecule has 0 saturated carbocycles. The molecule has 0 saturated heterocycles. The molecule has 1 N–H and O–H groups in total. The third-order valence-electron chi connectivity index (χ3n) is 4.33. The number of amides is 1. The van der Waals surface area contributed by atoms with Crippen molar-refractivity contribution in [3.63, 3.8) is 0 Å². The first kappa shape index (κ1) is 15.8. The van der Waals surface area contributed by atoms with E-state index in [-0.39, 0.29) is 11.3 Å². The number of aryl methyl sites for hydroxylation is 2. The molecule has 0 bridgehead atoms. The highest BCUT2D eigenvalue weighted by Gasteiger charge is 2.29. The highest BCUT2D eigenvalue weighted by Crippen LogP contribution is 2.27. The van der Waals surface area contributed by atoms with Gasteiger partial charge in [0.1, 0.15) is 11.5 Å². The fourth-order valence-corrected chi connectivity index (χ4v) is 2.83. The summed E-state index contributed by atoms with van der Waals surface area (Å²) in [6.45, 7) is 11.3. The number of hydrogen-bond donors (Lipinski definition) is 1. The summed E-state index contributed by atoms with van der Waals surface area (Å²) in [7, 11) is 0. The van der Waals surface area contributed by atoms with Crippen molar-refractivity contribution >= 4 is 5.91 Å². The topological polar surface area (TPSA) is 75.0 Å². The van der Waals surface area contributed by atoms with Crippen LogP contribution in [-0.2, 0) is 29.6 Å². The number of nitrogens with zero attached hydrogens (tertiary/aromatic N) is 3. The van der Waals surface area contributed by atoms with Crippen LogP contribution in [0.25, 0.3) is 0 Å². The Morgan fingerprint density at radius 1 is 1.35 bits per heavy atom. The number of aromatic nitrogens is 3. The molecule has 1 aliphatic heterocycles. The van der Waals surface area contributed by atoms with Gasteiger partial charge in [0.05, 0.1) is 18.7 Å². The maximum Gasteiger partial charge on any atom is 0.227 e. The number of carbonyl (C=O) groups is 1. The molecule has 6 heteroatoms. The van der Waals surface area contributed by atoms with Crippen LogP contribution in [0.4, 0.5) is 0 Å². The van der Waals surface area contributed by atoms with E-state index in [0.29, 0.717) is 19.5 Å². The van der Waals surface area contributed by atoms with Gasteiger partial charge in [-0.05, 0) is 13.8 Å². The summed E-state index contributed by atoms with van der Waals surface area (Å²) in [4.78, 5) is 19.1. The van der Waals surface area contributed by atoms with Gasteiger partial charge in [-0.25, -0.2) is 4.98 Å². The second kappa shape index (κ2) is 5.51. The normalized spacial score (nSPS) is 14.9. The summed E-state index contributed by atoms with van der Waals surface area (Å²) in [5.41, 5.74) is 3.64. The second-order valence-corrected chi connectivity index (χ2v) is 7.29. The summed E-state index contributed by atoms with van der Waals surface area (Å²) in [5, 5.41) is 7.09. The van der Waals surface area contributed by atoms with E-state index in [2.05, 4.69) is 36.0 Å². The zero-order valence-corrected chi connectivity index (χ0v) is 14.5. The molecule has 0 radical (unpaired) electrons. The molecule has 0 unspecified atom stereocenters. The molecule has 6 nitrogen and oxygen atoms in total.